The van der Waals surface area contributed by atoms with Crippen LogP contribution in [0.4, 0.5) is 13.2 Å². The first kappa shape index (κ1) is 21.5. The molecule has 0 fully saturated rings. The van der Waals surface area contributed by atoms with Crippen LogP contribution in [0.2, 0.25) is 0 Å². The minimum Gasteiger partial charge on any atom is -0.479 e. The third-order valence-electron chi connectivity index (χ3n) is 4.36. The number of rotatable bonds is 6. The molecule has 0 aliphatic carbocycles. The molecular formula is C19H23F3N3O3+. The summed E-state index contributed by atoms with van der Waals surface area (Å²) in [7, 11) is 4.50. The number of nitrogens with zero attached hydrogens (tertiary/aromatic N) is 1. The van der Waals surface area contributed by atoms with Crippen LogP contribution >= 0.6 is 0 Å². The predicted molar refractivity (Wildman–Crippen MR) is 96.3 cm³/mol. The second kappa shape index (κ2) is 8.05. The molecule has 9 heteroatoms. The molecule has 152 valence electrons. The van der Waals surface area contributed by atoms with Gasteiger partial charge in [-0.3, -0.25) is 14.1 Å². The molecule has 1 aliphatic heterocycles. The molecule has 0 radical (unpaired) electrons. The van der Waals surface area contributed by atoms with E-state index in [2.05, 4.69) is 5.32 Å². The van der Waals surface area contributed by atoms with E-state index in [4.69, 9.17) is 4.74 Å². The minimum atomic E-state index is -4.54. The smallest absolute Gasteiger partial charge is 0.405 e. The lowest BCUT2D eigenvalue weighted by Crippen LogP contribution is -2.47. The normalized spacial score (nSPS) is 17.0. The molecule has 0 saturated carbocycles. The third-order valence-corrected chi connectivity index (χ3v) is 4.36. The Hall–Kier alpha value is -2.81. The van der Waals surface area contributed by atoms with E-state index in [1.54, 1.807) is 6.92 Å². The number of amides is 2. The molecular weight excluding hydrogens is 375 g/mol. The molecule has 2 amide bonds. The first-order chi connectivity index (χ1) is 13.0. The van der Waals surface area contributed by atoms with Crippen LogP contribution in [0.25, 0.3) is 0 Å². The first-order valence-corrected chi connectivity index (χ1v) is 8.57. The maximum absolute atomic E-state index is 12.5. The van der Waals surface area contributed by atoms with E-state index in [0.29, 0.717) is 0 Å². The summed E-state index contributed by atoms with van der Waals surface area (Å²) in [4.78, 5) is 24.8. The van der Waals surface area contributed by atoms with Crippen molar-refractivity contribution in [3.05, 3.63) is 59.1 Å². The summed E-state index contributed by atoms with van der Waals surface area (Å²) in [5.74, 6) is -1.28. The molecule has 0 saturated heterocycles. The molecule has 1 atom stereocenters. The Morgan fingerprint density at radius 1 is 1.14 bits per heavy atom. The van der Waals surface area contributed by atoms with Crippen LogP contribution in [-0.2, 0) is 14.3 Å². The highest BCUT2D eigenvalue weighted by Crippen LogP contribution is 2.35. The van der Waals surface area contributed by atoms with Gasteiger partial charge in [0, 0.05) is 7.05 Å². The average Bonchev–Trinajstić information content (AvgIpc) is 2.89. The average molecular weight is 398 g/mol. The highest BCUT2D eigenvalue weighted by Gasteiger charge is 2.46. The van der Waals surface area contributed by atoms with E-state index in [0.717, 1.165) is 5.56 Å². The molecule has 1 heterocycles. The van der Waals surface area contributed by atoms with Gasteiger partial charge in [0.25, 0.3) is 0 Å². The number of allylic oxidation sites excluding steroid dienone is 1. The standard InChI is InChI=1S/C19H22F3N3O3/c1-12(13-8-6-5-7-9-13)28-15-10-14(17(26)24-11-19(20,21)22)25(3,4)16(15)18(27)23-2/h5-10,12H,11H2,1-4H3,(H-,23,24,26,27)/p+1. The summed E-state index contributed by atoms with van der Waals surface area (Å²) in [5.41, 5.74) is 0.945. The lowest BCUT2D eigenvalue weighted by molar-refractivity contribution is -0.801. The lowest BCUT2D eigenvalue weighted by atomic mass is 10.1. The number of likely N-dealkylation sites (N-methyl/N-ethyl adjacent to an activating group) is 2. The summed E-state index contributed by atoms with van der Waals surface area (Å²) < 4.78 is 42.9. The first-order valence-electron chi connectivity index (χ1n) is 8.57. The van der Waals surface area contributed by atoms with Crippen molar-refractivity contribution in [1.29, 1.82) is 0 Å². The van der Waals surface area contributed by atoms with Gasteiger partial charge in [0.2, 0.25) is 11.4 Å². The molecule has 1 aliphatic rings. The Labute approximate surface area is 161 Å². The summed E-state index contributed by atoms with van der Waals surface area (Å²) in [6, 6.07) is 9.22. The zero-order valence-corrected chi connectivity index (χ0v) is 16.1. The van der Waals surface area contributed by atoms with Gasteiger partial charge in [0.05, 0.1) is 20.2 Å². The van der Waals surface area contributed by atoms with Gasteiger partial charge in [0.1, 0.15) is 12.6 Å². The molecule has 2 N–H and O–H groups in total. The van der Waals surface area contributed by atoms with Crippen molar-refractivity contribution in [3.8, 4) is 0 Å². The van der Waals surface area contributed by atoms with Gasteiger partial charge in [-0.05, 0) is 12.5 Å². The van der Waals surface area contributed by atoms with Crippen molar-refractivity contribution in [2.45, 2.75) is 19.2 Å². The van der Waals surface area contributed by atoms with Crippen LogP contribution in [0.15, 0.2) is 53.6 Å². The zero-order valence-electron chi connectivity index (χ0n) is 16.1. The number of alkyl halides is 3. The van der Waals surface area contributed by atoms with Gasteiger partial charge in [-0.15, -0.1) is 0 Å². The molecule has 6 nitrogen and oxygen atoms in total. The summed E-state index contributed by atoms with van der Waals surface area (Å²) in [6.07, 6.45) is -3.66. The number of nitrogens with one attached hydrogen (secondary N) is 2. The summed E-state index contributed by atoms with van der Waals surface area (Å²) >= 11 is 0. The number of carbonyl (C=O) groups excluding carboxylic acids is 2. The van der Waals surface area contributed by atoms with Crippen molar-refractivity contribution in [2.24, 2.45) is 0 Å². The second-order valence-corrected chi connectivity index (χ2v) is 6.74. The van der Waals surface area contributed by atoms with Gasteiger partial charge in [-0.2, -0.15) is 13.2 Å². The van der Waals surface area contributed by atoms with Crippen molar-refractivity contribution >= 4 is 11.8 Å². The molecule has 0 aromatic heterocycles. The molecule has 0 spiro atoms. The second-order valence-electron chi connectivity index (χ2n) is 6.74. The van der Waals surface area contributed by atoms with Crippen LogP contribution in [-0.4, -0.2) is 50.2 Å². The fraction of sp³-hybridized carbons (Fsp3) is 0.368. The van der Waals surface area contributed by atoms with E-state index in [1.165, 1.54) is 27.2 Å². The highest BCUT2D eigenvalue weighted by molar-refractivity contribution is 5.98. The number of hydrogen-bond acceptors (Lipinski definition) is 3. The number of quaternary nitrogens is 1. The maximum Gasteiger partial charge on any atom is 0.405 e. The van der Waals surface area contributed by atoms with E-state index in [-0.39, 0.29) is 21.6 Å². The van der Waals surface area contributed by atoms with Crippen LogP contribution in [0.5, 0.6) is 0 Å². The monoisotopic (exact) mass is 398 g/mol. The quantitative estimate of drug-likeness (QED) is 0.723. The number of carbonyl (C=O) groups is 2. The van der Waals surface area contributed by atoms with Crippen molar-refractivity contribution in [2.75, 3.05) is 27.7 Å². The largest absolute Gasteiger partial charge is 0.479 e. The van der Waals surface area contributed by atoms with Gasteiger partial charge >= 0.3 is 18.0 Å². The van der Waals surface area contributed by atoms with Crippen molar-refractivity contribution in [1.82, 2.24) is 10.6 Å². The summed E-state index contributed by atoms with van der Waals surface area (Å²) in [5, 5.41) is 4.33. The van der Waals surface area contributed by atoms with E-state index in [1.807, 2.05) is 35.6 Å². The molecule has 2 rings (SSSR count). The Morgan fingerprint density at radius 2 is 1.75 bits per heavy atom. The molecule has 28 heavy (non-hydrogen) atoms. The SMILES string of the molecule is CNC(=O)C1=C(OC(C)c2ccccc2)C=C(C(=O)NCC(F)(F)F)[N+]1(C)C. The predicted octanol–water partition coefficient (Wildman–Crippen LogP) is 2.37. The number of hydrogen-bond donors (Lipinski definition) is 2. The highest BCUT2D eigenvalue weighted by atomic mass is 19.4. The van der Waals surface area contributed by atoms with E-state index in [9.17, 15) is 22.8 Å². The van der Waals surface area contributed by atoms with Crippen molar-refractivity contribution in [3.63, 3.8) is 0 Å². The Kier molecular flexibility index (Phi) is 6.18. The van der Waals surface area contributed by atoms with Gasteiger partial charge in [0.15, 0.2) is 5.76 Å². The molecule has 0 bridgehead atoms. The third kappa shape index (κ3) is 4.72. The van der Waals surface area contributed by atoms with E-state index >= 15 is 0 Å². The number of ether oxygens (including phenoxy) is 1. The van der Waals surface area contributed by atoms with Crippen LogP contribution in [0.1, 0.15) is 18.6 Å². The maximum atomic E-state index is 12.5. The van der Waals surface area contributed by atoms with Gasteiger partial charge < -0.3 is 15.4 Å². The molecule has 1 aromatic carbocycles. The van der Waals surface area contributed by atoms with Gasteiger partial charge in [-0.25, -0.2) is 0 Å². The fourth-order valence-corrected chi connectivity index (χ4v) is 2.90. The topological polar surface area (TPSA) is 67.4 Å². The fourth-order valence-electron chi connectivity index (χ4n) is 2.90. The van der Waals surface area contributed by atoms with E-state index < -0.39 is 30.6 Å². The van der Waals surface area contributed by atoms with Crippen molar-refractivity contribution < 1.29 is 32.0 Å². The summed E-state index contributed by atoms with van der Waals surface area (Å²) in [6.45, 7) is 0.314. The Morgan fingerprint density at radius 3 is 2.29 bits per heavy atom. The molecule has 1 unspecified atom stereocenters. The van der Waals surface area contributed by atoms with Crippen LogP contribution in [0, 0.1) is 0 Å². The number of benzene rings is 1. The van der Waals surface area contributed by atoms with Crippen LogP contribution in [0.3, 0.4) is 0 Å². The van der Waals surface area contributed by atoms with Gasteiger partial charge in [-0.1, -0.05) is 30.3 Å². The zero-order chi connectivity index (χ0) is 21.1. The number of halogens is 3. The Bertz CT molecular complexity index is 815. The minimum absolute atomic E-state index is 0.0295. The lowest BCUT2D eigenvalue weighted by Gasteiger charge is -2.28. The van der Waals surface area contributed by atoms with Crippen LogP contribution < -0.4 is 10.6 Å². The Balaban J connectivity index is 2.34. The molecule has 1 aromatic rings.